The summed E-state index contributed by atoms with van der Waals surface area (Å²) in [4.78, 5) is 0. The Hall–Kier alpha value is -3.67. The number of para-hydroxylation sites is 1. The van der Waals surface area contributed by atoms with Gasteiger partial charge in [0, 0.05) is 23.1 Å². The van der Waals surface area contributed by atoms with E-state index in [1.165, 1.54) is 19.3 Å². The molecule has 6 nitrogen and oxygen atoms in total. The van der Waals surface area contributed by atoms with Crippen LogP contribution in [-0.4, -0.2) is 31.5 Å². The van der Waals surface area contributed by atoms with E-state index in [4.69, 9.17) is 24.0 Å². The van der Waals surface area contributed by atoms with Crippen molar-refractivity contribution in [1.82, 2.24) is 5.01 Å². The summed E-state index contributed by atoms with van der Waals surface area (Å²) < 4.78 is 23.4. The van der Waals surface area contributed by atoms with Gasteiger partial charge in [0.25, 0.3) is 0 Å². The van der Waals surface area contributed by atoms with Crippen LogP contribution in [0, 0.1) is 0 Å². The third kappa shape index (κ3) is 4.85. The molecular formula is C30H34N2O4. The summed E-state index contributed by atoms with van der Waals surface area (Å²) in [5.74, 6) is 3.19. The second kappa shape index (κ2) is 10.9. The predicted molar refractivity (Wildman–Crippen MR) is 141 cm³/mol. The standard InChI is InChI=1S/C30H34N2O4/c1-4-5-6-9-18-35-23-15-12-21(13-16-23)30-32-26(24-10-7-8-11-27(24)36-30)20-25(31-32)22-14-17-28(33-2)29(19-22)34-3/h7-8,10-17,19,26,30H,4-6,9,18,20H2,1-3H3/t26-,30+/m0/s1. The lowest BCUT2D eigenvalue weighted by Crippen LogP contribution is -2.33. The van der Waals surface area contributed by atoms with E-state index in [0.717, 1.165) is 53.3 Å². The minimum absolute atomic E-state index is 0.0949. The molecule has 0 amide bonds. The van der Waals surface area contributed by atoms with E-state index < -0.39 is 0 Å². The van der Waals surface area contributed by atoms with Gasteiger partial charge in [0.05, 0.1) is 32.6 Å². The summed E-state index contributed by atoms with van der Waals surface area (Å²) in [6.45, 7) is 2.97. The molecule has 0 unspecified atom stereocenters. The molecule has 2 aliphatic rings. The Morgan fingerprint density at radius 1 is 0.917 bits per heavy atom. The van der Waals surface area contributed by atoms with Crippen LogP contribution >= 0.6 is 0 Å². The van der Waals surface area contributed by atoms with Crippen molar-refractivity contribution in [2.75, 3.05) is 20.8 Å². The minimum atomic E-state index is -0.318. The molecule has 188 valence electrons. The van der Waals surface area contributed by atoms with E-state index >= 15 is 0 Å². The van der Waals surface area contributed by atoms with Crippen LogP contribution in [0.5, 0.6) is 23.0 Å². The molecule has 2 aliphatic heterocycles. The number of unbranched alkanes of at least 4 members (excludes halogenated alkanes) is 3. The maximum Gasteiger partial charge on any atom is 0.213 e. The summed E-state index contributed by atoms with van der Waals surface area (Å²) in [6.07, 6.45) is 5.24. The number of methoxy groups -OCH3 is 2. The number of benzene rings is 3. The first-order valence-electron chi connectivity index (χ1n) is 12.8. The van der Waals surface area contributed by atoms with Crippen molar-refractivity contribution in [3.05, 3.63) is 83.4 Å². The van der Waals surface area contributed by atoms with Crippen LogP contribution < -0.4 is 18.9 Å². The van der Waals surface area contributed by atoms with Crippen LogP contribution in [-0.2, 0) is 0 Å². The average Bonchev–Trinajstić information content (AvgIpc) is 3.38. The molecular weight excluding hydrogens is 452 g/mol. The molecule has 5 rings (SSSR count). The van der Waals surface area contributed by atoms with E-state index in [1.807, 2.05) is 42.5 Å². The molecule has 0 bridgehead atoms. The summed E-state index contributed by atoms with van der Waals surface area (Å²) in [5, 5.41) is 7.16. The molecule has 6 heteroatoms. The van der Waals surface area contributed by atoms with Crippen molar-refractivity contribution in [2.45, 2.75) is 51.3 Å². The highest BCUT2D eigenvalue weighted by atomic mass is 16.5. The number of hydrazone groups is 1. The number of hydrogen-bond acceptors (Lipinski definition) is 6. The molecule has 0 N–H and O–H groups in total. The molecule has 2 heterocycles. The normalized spacial score (nSPS) is 18.1. The van der Waals surface area contributed by atoms with Gasteiger partial charge in [-0.3, -0.25) is 0 Å². The van der Waals surface area contributed by atoms with Crippen LogP contribution in [0.25, 0.3) is 0 Å². The molecule has 3 aromatic rings. The van der Waals surface area contributed by atoms with E-state index in [9.17, 15) is 0 Å². The summed E-state index contributed by atoms with van der Waals surface area (Å²) >= 11 is 0. The maximum atomic E-state index is 6.50. The molecule has 2 atom stereocenters. The van der Waals surface area contributed by atoms with Crippen LogP contribution in [0.15, 0.2) is 71.8 Å². The number of ether oxygens (including phenoxy) is 4. The van der Waals surface area contributed by atoms with Crippen LogP contribution in [0.4, 0.5) is 0 Å². The zero-order valence-corrected chi connectivity index (χ0v) is 21.3. The quantitative estimate of drug-likeness (QED) is 0.292. The van der Waals surface area contributed by atoms with Crippen molar-refractivity contribution >= 4 is 5.71 Å². The highest BCUT2D eigenvalue weighted by Gasteiger charge is 2.41. The third-order valence-electron chi connectivity index (χ3n) is 6.85. The Kier molecular flexibility index (Phi) is 7.31. The van der Waals surface area contributed by atoms with Crippen LogP contribution in [0.2, 0.25) is 0 Å². The van der Waals surface area contributed by atoms with Gasteiger partial charge in [0.1, 0.15) is 11.5 Å². The Balaban J connectivity index is 1.40. The van der Waals surface area contributed by atoms with Crippen molar-refractivity contribution in [1.29, 1.82) is 0 Å². The smallest absolute Gasteiger partial charge is 0.213 e. The number of hydrogen-bond donors (Lipinski definition) is 0. The van der Waals surface area contributed by atoms with Gasteiger partial charge in [0.2, 0.25) is 6.23 Å². The first kappa shape index (κ1) is 24.0. The number of nitrogens with zero attached hydrogens (tertiary/aromatic N) is 2. The monoisotopic (exact) mass is 486 g/mol. The topological polar surface area (TPSA) is 52.5 Å². The Bertz CT molecular complexity index is 1210. The zero-order chi connectivity index (χ0) is 24.9. The molecule has 0 radical (unpaired) electrons. The van der Waals surface area contributed by atoms with Gasteiger partial charge in [-0.05, 0) is 55.0 Å². The first-order valence-corrected chi connectivity index (χ1v) is 12.8. The lowest BCUT2D eigenvalue weighted by Gasteiger charge is -2.38. The Morgan fingerprint density at radius 3 is 2.50 bits per heavy atom. The van der Waals surface area contributed by atoms with Crippen LogP contribution in [0.1, 0.15) is 68.0 Å². The van der Waals surface area contributed by atoms with E-state index in [-0.39, 0.29) is 12.3 Å². The summed E-state index contributed by atoms with van der Waals surface area (Å²) in [5.41, 5.74) is 4.22. The van der Waals surface area contributed by atoms with E-state index in [1.54, 1.807) is 14.2 Å². The highest BCUT2D eigenvalue weighted by molar-refractivity contribution is 6.02. The van der Waals surface area contributed by atoms with Gasteiger partial charge in [-0.25, -0.2) is 5.01 Å². The lowest BCUT2D eigenvalue weighted by atomic mass is 9.96. The van der Waals surface area contributed by atoms with Gasteiger partial charge in [0.15, 0.2) is 11.5 Å². The fourth-order valence-corrected chi connectivity index (χ4v) is 4.89. The first-order chi connectivity index (χ1) is 17.7. The second-order valence-electron chi connectivity index (χ2n) is 9.20. The average molecular weight is 487 g/mol. The molecule has 0 saturated heterocycles. The molecule has 0 saturated carbocycles. The van der Waals surface area contributed by atoms with Crippen molar-refractivity contribution in [2.24, 2.45) is 5.10 Å². The third-order valence-corrected chi connectivity index (χ3v) is 6.85. The van der Waals surface area contributed by atoms with Gasteiger partial charge in [-0.15, -0.1) is 0 Å². The molecule has 36 heavy (non-hydrogen) atoms. The van der Waals surface area contributed by atoms with Gasteiger partial charge in [-0.1, -0.05) is 44.4 Å². The summed E-state index contributed by atoms with van der Waals surface area (Å²) in [6, 6.07) is 22.5. The van der Waals surface area contributed by atoms with Crippen molar-refractivity contribution < 1.29 is 18.9 Å². The minimum Gasteiger partial charge on any atom is -0.494 e. The van der Waals surface area contributed by atoms with E-state index in [2.05, 4.69) is 36.2 Å². The van der Waals surface area contributed by atoms with Gasteiger partial charge in [-0.2, -0.15) is 5.10 Å². The SMILES string of the molecule is CCCCCCOc1ccc([C@H]2Oc3ccccc3[C@@H]3CC(c4ccc(OC)c(OC)c4)=NN23)cc1. The second-order valence-corrected chi connectivity index (χ2v) is 9.20. The maximum absolute atomic E-state index is 6.50. The Morgan fingerprint density at radius 2 is 1.72 bits per heavy atom. The number of fused-ring (bicyclic) bond motifs is 3. The van der Waals surface area contributed by atoms with Crippen molar-refractivity contribution in [3.63, 3.8) is 0 Å². The van der Waals surface area contributed by atoms with Gasteiger partial charge < -0.3 is 18.9 Å². The Labute approximate surface area is 213 Å². The molecule has 0 spiro atoms. The van der Waals surface area contributed by atoms with E-state index in [0.29, 0.717) is 11.5 Å². The van der Waals surface area contributed by atoms with Gasteiger partial charge >= 0.3 is 0 Å². The number of rotatable bonds is 10. The fourth-order valence-electron chi connectivity index (χ4n) is 4.89. The summed E-state index contributed by atoms with van der Waals surface area (Å²) in [7, 11) is 3.30. The lowest BCUT2D eigenvalue weighted by molar-refractivity contribution is -0.0190. The fraction of sp³-hybridized carbons (Fsp3) is 0.367. The molecule has 3 aromatic carbocycles. The largest absolute Gasteiger partial charge is 0.494 e. The zero-order valence-electron chi connectivity index (χ0n) is 21.3. The van der Waals surface area contributed by atoms with Crippen molar-refractivity contribution in [3.8, 4) is 23.0 Å². The molecule has 0 aromatic heterocycles. The molecule has 0 aliphatic carbocycles. The predicted octanol–water partition coefficient (Wildman–Crippen LogP) is 6.91. The van der Waals surface area contributed by atoms with Crippen LogP contribution in [0.3, 0.4) is 0 Å². The molecule has 0 fully saturated rings. The highest BCUT2D eigenvalue weighted by Crippen LogP contribution is 2.47.